The number of alkyl halides is 1. The minimum atomic E-state index is 0.165. The van der Waals surface area contributed by atoms with Gasteiger partial charge < -0.3 is 10.1 Å². The Hall–Kier alpha value is -0.0900. The summed E-state index contributed by atoms with van der Waals surface area (Å²) in [6, 6.07) is 0. The summed E-state index contributed by atoms with van der Waals surface area (Å²) >= 11 is 3.57. The topological polar surface area (TPSA) is 38.3 Å². The summed E-state index contributed by atoms with van der Waals surface area (Å²) in [7, 11) is 0. The Bertz CT molecular complexity index is 240. The molecule has 106 valence electrons. The van der Waals surface area contributed by atoms with Crippen molar-refractivity contribution < 1.29 is 9.53 Å². The highest BCUT2D eigenvalue weighted by molar-refractivity contribution is 9.09. The van der Waals surface area contributed by atoms with Crippen molar-refractivity contribution in [2.45, 2.75) is 58.5 Å². The second kappa shape index (κ2) is 8.16. The molecule has 1 rings (SSSR count). The van der Waals surface area contributed by atoms with Crippen LogP contribution in [0.5, 0.6) is 0 Å². The molecule has 1 fully saturated rings. The van der Waals surface area contributed by atoms with Crippen LogP contribution in [0.2, 0.25) is 0 Å². The minimum Gasteiger partial charge on any atom is -0.378 e. The largest absolute Gasteiger partial charge is 0.378 e. The average molecular weight is 320 g/mol. The van der Waals surface area contributed by atoms with Crippen LogP contribution in [0.4, 0.5) is 0 Å². The Kier molecular flexibility index (Phi) is 7.23. The van der Waals surface area contributed by atoms with Crippen molar-refractivity contribution in [3.05, 3.63) is 0 Å². The zero-order valence-electron chi connectivity index (χ0n) is 11.6. The van der Waals surface area contributed by atoms with Crippen LogP contribution in [0.25, 0.3) is 0 Å². The Morgan fingerprint density at radius 3 is 2.67 bits per heavy atom. The first kappa shape index (κ1) is 16.0. The van der Waals surface area contributed by atoms with Crippen molar-refractivity contribution in [3.63, 3.8) is 0 Å². The first-order chi connectivity index (χ1) is 8.65. The molecule has 4 heteroatoms. The van der Waals surface area contributed by atoms with Gasteiger partial charge in [0.1, 0.15) is 0 Å². The lowest BCUT2D eigenvalue weighted by Gasteiger charge is -2.29. The van der Waals surface area contributed by atoms with E-state index in [0.717, 1.165) is 50.6 Å². The van der Waals surface area contributed by atoms with Crippen LogP contribution in [-0.2, 0) is 9.53 Å². The van der Waals surface area contributed by atoms with Gasteiger partial charge in [0.15, 0.2) is 0 Å². The Morgan fingerprint density at radius 1 is 1.44 bits per heavy atom. The van der Waals surface area contributed by atoms with Gasteiger partial charge in [-0.25, -0.2) is 0 Å². The Balaban J connectivity index is 2.22. The maximum Gasteiger partial charge on any atom is 0.220 e. The summed E-state index contributed by atoms with van der Waals surface area (Å²) in [5.74, 6) is 0.165. The van der Waals surface area contributed by atoms with Crippen molar-refractivity contribution in [2.24, 2.45) is 5.41 Å². The number of amides is 1. The van der Waals surface area contributed by atoms with E-state index in [1.54, 1.807) is 0 Å². The standard InChI is InChI=1S/C14H26BrNO2/c1-3-14(4-2,10-15)11-16-13(17)8-7-12-6-5-9-18-12/h12H,3-11H2,1-2H3,(H,16,17). The van der Waals surface area contributed by atoms with Crippen molar-refractivity contribution in [1.82, 2.24) is 5.32 Å². The second-order valence-electron chi connectivity index (χ2n) is 5.29. The predicted molar refractivity (Wildman–Crippen MR) is 78.0 cm³/mol. The summed E-state index contributed by atoms with van der Waals surface area (Å²) < 4.78 is 5.52. The molecule has 1 aliphatic heterocycles. The normalized spacial score (nSPS) is 20.1. The van der Waals surface area contributed by atoms with Crippen molar-refractivity contribution in [2.75, 3.05) is 18.5 Å². The van der Waals surface area contributed by atoms with E-state index in [-0.39, 0.29) is 11.3 Å². The van der Waals surface area contributed by atoms with Gasteiger partial charge in [0.25, 0.3) is 0 Å². The monoisotopic (exact) mass is 319 g/mol. The lowest BCUT2D eigenvalue weighted by atomic mass is 9.84. The molecule has 1 saturated heterocycles. The quantitative estimate of drug-likeness (QED) is 0.697. The van der Waals surface area contributed by atoms with Gasteiger partial charge >= 0.3 is 0 Å². The summed E-state index contributed by atoms with van der Waals surface area (Å²) in [6.45, 7) is 6.01. The van der Waals surface area contributed by atoms with E-state index in [1.165, 1.54) is 0 Å². The molecule has 1 aliphatic rings. The lowest BCUT2D eigenvalue weighted by Crippen LogP contribution is -2.38. The molecule has 1 N–H and O–H groups in total. The van der Waals surface area contributed by atoms with E-state index in [0.29, 0.717) is 12.5 Å². The highest BCUT2D eigenvalue weighted by Crippen LogP contribution is 2.27. The molecule has 18 heavy (non-hydrogen) atoms. The van der Waals surface area contributed by atoms with Gasteiger partial charge in [-0.15, -0.1) is 0 Å². The van der Waals surface area contributed by atoms with E-state index in [4.69, 9.17) is 4.74 Å². The fraction of sp³-hybridized carbons (Fsp3) is 0.929. The van der Waals surface area contributed by atoms with Gasteiger partial charge in [0, 0.05) is 24.9 Å². The number of hydrogen-bond acceptors (Lipinski definition) is 2. The maximum atomic E-state index is 11.8. The molecule has 3 nitrogen and oxygen atoms in total. The lowest BCUT2D eigenvalue weighted by molar-refractivity contribution is -0.122. The smallest absolute Gasteiger partial charge is 0.220 e. The van der Waals surface area contributed by atoms with Gasteiger partial charge in [-0.05, 0) is 37.5 Å². The summed E-state index contributed by atoms with van der Waals surface area (Å²) in [5.41, 5.74) is 0.208. The van der Waals surface area contributed by atoms with E-state index in [1.807, 2.05) is 0 Å². The van der Waals surface area contributed by atoms with Gasteiger partial charge in [0.05, 0.1) is 6.10 Å². The summed E-state index contributed by atoms with van der Waals surface area (Å²) in [5, 5.41) is 4.02. The van der Waals surface area contributed by atoms with Crippen molar-refractivity contribution in [1.29, 1.82) is 0 Å². The maximum absolute atomic E-state index is 11.8. The SMILES string of the molecule is CCC(CC)(CBr)CNC(=O)CCC1CCCO1. The molecule has 0 saturated carbocycles. The molecule has 1 unspecified atom stereocenters. The number of carbonyl (C=O) groups is 1. The third-order valence-corrected chi connectivity index (χ3v) is 5.35. The number of nitrogens with one attached hydrogen (secondary N) is 1. The Labute approximate surface area is 119 Å². The number of ether oxygens (including phenoxy) is 1. The van der Waals surface area contributed by atoms with Crippen molar-refractivity contribution in [3.8, 4) is 0 Å². The number of carbonyl (C=O) groups excluding carboxylic acids is 1. The molecule has 0 spiro atoms. The zero-order chi connectivity index (χ0) is 13.4. The average Bonchev–Trinajstić information content (AvgIpc) is 2.92. The van der Waals surface area contributed by atoms with Crippen LogP contribution in [0, 0.1) is 5.41 Å². The summed E-state index contributed by atoms with van der Waals surface area (Å²) in [4.78, 5) is 11.8. The molecule has 0 aromatic carbocycles. The van der Waals surface area contributed by atoms with E-state index < -0.39 is 0 Å². The van der Waals surface area contributed by atoms with Crippen LogP contribution in [0.3, 0.4) is 0 Å². The highest BCUT2D eigenvalue weighted by Gasteiger charge is 2.25. The molecule has 1 amide bonds. The second-order valence-corrected chi connectivity index (χ2v) is 5.85. The molecule has 0 aromatic heterocycles. The number of hydrogen-bond donors (Lipinski definition) is 1. The first-order valence-electron chi connectivity index (χ1n) is 7.10. The highest BCUT2D eigenvalue weighted by atomic mass is 79.9. The first-order valence-corrected chi connectivity index (χ1v) is 8.22. The van der Waals surface area contributed by atoms with Gasteiger partial charge in [0.2, 0.25) is 5.91 Å². The molecule has 0 aromatic rings. The molecule has 0 aliphatic carbocycles. The fourth-order valence-corrected chi connectivity index (χ4v) is 3.27. The van der Waals surface area contributed by atoms with Gasteiger partial charge in [-0.1, -0.05) is 29.8 Å². The number of rotatable bonds is 8. The molecular weight excluding hydrogens is 294 g/mol. The zero-order valence-corrected chi connectivity index (χ0v) is 13.2. The Morgan fingerprint density at radius 2 is 2.17 bits per heavy atom. The third-order valence-electron chi connectivity index (χ3n) is 4.16. The molecule has 1 atom stereocenters. The summed E-state index contributed by atoms with van der Waals surface area (Å²) in [6.07, 6.45) is 6.20. The van der Waals surface area contributed by atoms with Gasteiger partial charge in [-0.2, -0.15) is 0 Å². The number of halogens is 1. The van der Waals surface area contributed by atoms with Crippen LogP contribution in [0.15, 0.2) is 0 Å². The minimum absolute atomic E-state index is 0.165. The van der Waals surface area contributed by atoms with E-state index >= 15 is 0 Å². The van der Waals surface area contributed by atoms with Crippen LogP contribution < -0.4 is 5.32 Å². The van der Waals surface area contributed by atoms with Crippen molar-refractivity contribution >= 4 is 21.8 Å². The third kappa shape index (κ3) is 4.88. The molecule has 1 heterocycles. The molecular formula is C14H26BrNO2. The van der Waals surface area contributed by atoms with Crippen LogP contribution in [-0.4, -0.2) is 30.5 Å². The predicted octanol–water partition coefficient (Wildman–Crippen LogP) is 3.26. The van der Waals surface area contributed by atoms with Crippen LogP contribution >= 0.6 is 15.9 Å². The fourth-order valence-electron chi connectivity index (χ4n) is 2.27. The van der Waals surface area contributed by atoms with E-state index in [9.17, 15) is 4.79 Å². The molecule has 0 bridgehead atoms. The van der Waals surface area contributed by atoms with Crippen LogP contribution in [0.1, 0.15) is 52.4 Å². The van der Waals surface area contributed by atoms with Gasteiger partial charge in [-0.3, -0.25) is 4.79 Å². The molecule has 0 radical (unpaired) electrons. The van der Waals surface area contributed by atoms with E-state index in [2.05, 4.69) is 35.1 Å².